The zero-order valence-corrected chi connectivity index (χ0v) is 10.3. The first kappa shape index (κ1) is 11.9. The second-order valence-corrected chi connectivity index (χ2v) is 4.36. The van der Waals surface area contributed by atoms with Crippen molar-refractivity contribution in [2.45, 2.75) is 25.9 Å². The van der Waals surface area contributed by atoms with E-state index < -0.39 is 6.10 Å². The fraction of sp³-hybridized carbons (Fsp3) is 0.357. The van der Waals surface area contributed by atoms with Gasteiger partial charge in [0.15, 0.2) is 0 Å². The predicted octanol–water partition coefficient (Wildman–Crippen LogP) is 2.45. The molecule has 3 nitrogen and oxygen atoms in total. The highest BCUT2D eigenvalue weighted by molar-refractivity contribution is 5.29. The molecule has 0 fully saturated rings. The van der Waals surface area contributed by atoms with Crippen LogP contribution in [-0.2, 0) is 13.5 Å². The van der Waals surface area contributed by atoms with Crippen LogP contribution in [0.25, 0.3) is 0 Å². The van der Waals surface area contributed by atoms with Crippen LogP contribution in [0.2, 0.25) is 0 Å². The lowest BCUT2D eigenvalue weighted by molar-refractivity contribution is 0.215. The van der Waals surface area contributed by atoms with Crippen molar-refractivity contribution in [2.24, 2.45) is 7.05 Å². The van der Waals surface area contributed by atoms with Crippen LogP contribution >= 0.6 is 0 Å². The monoisotopic (exact) mass is 230 g/mol. The number of rotatable bonds is 4. The molecule has 90 valence electrons. The van der Waals surface area contributed by atoms with Gasteiger partial charge in [0, 0.05) is 13.2 Å². The summed E-state index contributed by atoms with van der Waals surface area (Å²) in [6.07, 6.45) is 5.07. The molecule has 0 amide bonds. The Hall–Kier alpha value is -1.61. The van der Waals surface area contributed by atoms with Gasteiger partial charge in [0.05, 0.1) is 12.0 Å². The number of hydrogen-bond donors (Lipinski definition) is 1. The highest BCUT2D eigenvalue weighted by atomic mass is 16.3. The number of nitrogens with zero attached hydrogens (tertiary/aromatic N) is 2. The summed E-state index contributed by atoms with van der Waals surface area (Å²) >= 11 is 0. The summed E-state index contributed by atoms with van der Waals surface area (Å²) in [6, 6.07) is 8.09. The molecule has 1 N–H and O–H groups in total. The fourth-order valence-corrected chi connectivity index (χ4v) is 1.95. The molecule has 1 aromatic heterocycles. The van der Waals surface area contributed by atoms with E-state index in [4.69, 9.17) is 0 Å². The Morgan fingerprint density at radius 2 is 2.24 bits per heavy atom. The third-order valence-corrected chi connectivity index (χ3v) is 2.81. The molecule has 1 aromatic carbocycles. The molecule has 1 heterocycles. The van der Waals surface area contributed by atoms with Crippen LogP contribution in [0.4, 0.5) is 0 Å². The van der Waals surface area contributed by atoms with Gasteiger partial charge in [0.2, 0.25) is 0 Å². The molecule has 0 bridgehead atoms. The van der Waals surface area contributed by atoms with Crippen molar-refractivity contribution < 1.29 is 5.11 Å². The quantitative estimate of drug-likeness (QED) is 0.876. The van der Waals surface area contributed by atoms with Crippen molar-refractivity contribution in [3.8, 4) is 0 Å². The summed E-state index contributed by atoms with van der Waals surface area (Å²) < 4.78 is 1.84. The van der Waals surface area contributed by atoms with E-state index in [1.165, 1.54) is 5.56 Å². The van der Waals surface area contributed by atoms with Gasteiger partial charge in [0.1, 0.15) is 6.10 Å². The Morgan fingerprint density at radius 1 is 1.41 bits per heavy atom. The Morgan fingerprint density at radius 3 is 2.88 bits per heavy atom. The normalized spacial score (nSPS) is 12.6. The highest BCUT2D eigenvalue weighted by Gasteiger charge is 2.13. The molecule has 0 saturated heterocycles. The maximum atomic E-state index is 10.2. The number of aromatic nitrogens is 2. The Balaban J connectivity index is 2.24. The zero-order valence-electron chi connectivity index (χ0n) is 10.3. The summed E-state index contributed by atoms with van der Waals surface area (Å²) in [5.74, 6) is 0. The summed E-state index contributed by atoms with van der Waals surface area (Å²) in [5, 5.41) is 10.2. The van der Waals surface area contributed by atoms with E-state index in [0.29, 0.717) is 5.69 Å². The van der Waals surface area contributed by atoms with Crippen LogP contribution in [0.15, 0.2) is 36.8 Å². The minimum Gasteiger partial charge on any atom is -0.382 e. The van der Waals surface area contributed by atoms with Gasteiger partial charge in [-0.25, -0.2) is 4.98 Å². The van der Waals surface area contributed by atoms with Gasteiger partial charge in [-0.3, -0.25) is 0 Å². The number of aliphatic hydroxyl groups is 1. The third kappa shape index (κ3) is 2.74. The van der Waals surface area contributed by atoms with E-state index in [1.807, 2.05) is 29.9 Å². The van der Waals surface area contributed by atoms with Gasteiger partial charge in [-0.1, -0.05) is 37.6 Å². The molecular formula is C14H18N2O. The zero-order chi connectivity index (χ0) is 12.3. The van der Waals surface area contributed by atoms with Gasteiger partial charge in [0.25, 0.3) is 0 Å². The minimum atomic E-state index is -0.631. The fourth-order valence-electron chi connectivity index (χ4n) is 1.95. The maximum absolute atomic E-state index is 10.2. The van der Waals surface area contributed by atoms with Gasteiger partial charge >= 0.3 is 0 Å². The molecule has 1 unspecified atom stereocenters. The number of hydrogen-bond acceptors (Lipinski definition) is 2. The maximum Gasteiger partial charge on any atom is 0.123 e. The molecule has 2 rings (SSSR count). The van der Waals surface area contributed by atoms with E-state index in [-0.39, 0.29) is 0 Å². The number of benzene rings is 1. The molecule has 1 atom stereocenters. The topological polar surface area (TPSA) is 38.0 Å². The number of aliphatic hydroxyl groups excluding tert-OH is 1. The minimum absolute atomic E-state index is 0.631. The Labute approximate surface area is 102 Å². The lowest BCUT2D eigenvalue weighted by atomic mass is 10.0. The third-order valence-electron chi connectivity index (χ3n) is 2.81. The van der Waals surface area contributed by atoms with E-state index in [1.54, 1.807) is 6.33 Å². The first-order valence-electron chi connectivity index (χ1n) is 5.95. The van der Waals surface area contributed by atoms with Crippen LogP contribution in [-0.4, -0.2) is 14.7 Å². The Kier molecular flexibility index (Phi) is 3.59. The van der Waals surface area contributed by atoms with Crippen molar-refractivity contribution in [3.63, 3.8) is 0 Å². The van der Waals surface area contributed by atoms with Gasteiger partial charge in [-0.15, -0.1) is 0 Å². The molecular weight excluding hydrogens is 212 g/mol. The van der Waals surface area contributed by atoms with Crippen LogP contribution < -0.4 is 0 Å². The second-order valence-electron chi connectivity index (χ2n) is 4.36. The molecule has 0 spiro atoms. The number of imidazole rings is 1. The van der Waals surface area contributed by atoms with Gasteiger partial charge in [-0.05, 0) is 17.5 Å². The van der Waals surface area contributed by atoms with Crippen LogP contribution in [0.1, 0.15) is 36.3 Å². The van der Waals surface area contributed by atoms with Crippen molar-refractivity contribution >= 4 is 0 Å². The largest absolute Gasteiger partial charge is 0.382 e. The molecule has 0 aliphatic rings. The SMILES string of the molecule is CCCc1cccc(C(O)c2cn(C)cn2)c1. The van der Waals surface area contributed by atoms with E-state index in [2.05, 4.69) is 24.0 Å². The van der Waals surface area contributed by atoms with E-state index in [0.717, 1.165) is 18.4 Å². The van der Waals surface area contributed by atoms with Crippen molar-refractivity contribution in [2.75, 3.05) is 0 Å². The first-order chi connectivity index (χ1) is 8.20. The van der Waals surface area contributed by atoms with Crippen molar-refractivity contribution in [3.05, 3.63) is 53.6 Å². The summed E-state index contributed by atoms with van der Waals surface area (Å²) in [5.41, 5.74) is 2.87. The molecule has 3 heteroatoms. The molecule has 0 radical (unpaired) electrons. The smallest absolute Gasteiger partial charge is 0.123 e. The summed E-state index contributed by atoms with van der Waals surface area (Å²) in [6.45, 7) is 2.15. The summed E-state index contributed by atoms with van der Waals surface area (Å²) in [7, 11) is 1.90. The average Bonchev–Trinajstić information content (AvgIpc) is 2.76. The van der Waals surface area contributed by atoms with Gasteiger partial charge in [-0.2, -0.15) is 0 Å². The molecule has 17 heavy (non-hydrogen) atoms. The van der Waals surface area contributed by atoms with E-state index in [9.17, 15) is 5.11 Å². The summed E-state index contributed by atoms with van der Waals surface area (Å²) in [4.78, 5) is 4.18. The van der Waals surface area contributed by atoms with Gasteiger partial charge < -0.3 is 9.67 Å². The van der Waals surface area contributed by atoms with E-state index >= 15 is 0 Å². The lowest BCUT2D eigenvalue weighted by Crippen LogP contribution is -2.00. The van der Waals surface area contributed by atoms with Crippen LogP contribution in [0.3, 0.4) is 0 Å². The van der Waals surface area contributed by atoms with Crippen molar-refractivity contribution in [1.82, 2.24) is 9.55 Å². The predicted molar refractivity (Wildman–Crippen MR) is 67.7 cm³/mol. The first-order valence-corrected chi connectivity index (χ1v) is 5.95. The molecule has 0 aliphatic carbocycles. The van der Waals surface area contributed by atoms with Crippen molar-refractivity contribution in [1.29, 1.82) is 0 Å². The molecule has 0 saturated carbocycles. The van der Waals surface area contributed by atoms with Crippen LogP contribution in [0.5, 0.6) is 0 Å². The molecule has 0 aliphatic heterocycles. The lowest BCUT2D eigenvalue weighted by Gasteiger charge is -2.09. The highest BCUT2D eigenvalue weighted by Crippen LogP contribution is 2.21. The standard InChI is InChI=1S/C14H18N2O/c1-3-5-11-6-4-7-12(8-11)14(17)13-9-16(2)10-15-13/h4,6-10,14,17H,3,5H2,1-2H3. The average molecular weight is 230 g/mol. The Bertz CT molecular complexity index is 490. The molecule has 2 aromatic rings. The second kappa shape index (κ2) is 5.15. The van der Waals surface area contributed by atoms with Crippen LogP contribution in [0, 0.1) is 0 Å². The number of aryl methyl sites for hydroxylation is 2.